The average Bonchev–Trinajstić information content (AvgIpc) is 3.34. The first-order chi connectivity index (χ1) is 11.6. The molecule has 1 aliphatic carbocycles. The summed E-state index contributed by atoms with van der Waals surface area (Å²) in [6.07, 6.45) is 1.99. The van der Waals surface area contributed by atoms with E-state index in [0.29, 0.717) is 5.82 Å². The molecule has 0 radical (unpaired) electrons. The maximum Gasteiger partial charge on any atom is 0.258 e. The van der Waals surface area contributed by atoms with Crippen molar-refractivity contribution in [1.82, 2.24) is 10.1 Å². The third-order valence-electron chi connectivity index (χ3n) is 4.32. The van der Waals surface area contributed by atoms with E-state index in [9.17, 15) is 5.11 Å². The second-order valence-corrected chi connectivity index (χ2v) is 6.28. The van der Waals surface area contributed by atoms with Crippen LogP contribution in [0.5, 0.6) is 11.5 Å². The molecule has 0 amide bonds. The number of aromatic nitrogens is 2. The van der Waals surface area contributed by atoms with Crippen molar-refractivity contribution in [2.75, 3.05) is 0 Å². The van der Waals surface area contributed by atoms with Gasteiger partial charge in [0.25, 0.3) is 5.89 Å². The molecule has 5 nitrogen and oxygen atoms in total. The molecule has 0 spiro atoms. The molecule has 1 N–H and O–H groups in total. The van der Waals surface area contributed by atoms with Gasteiger partial charge >= 0.3 is 0 Å². The molecule has 1 aliphatic rings. The fourth-order valence-corrected chi connectivity index (χ4v) is 2.66. The molecule has 1 fully saturated rings. The molecule has 2 aromatic carbocycles. The normalized spacial score (nSPS) is 16.6. The Balaban J connectivity index is 1.52. The van der Waals surface area contributed by atoms with Crippen molar-refractivity contribution in [3.63, 3.8) is 0 Å². The zero-order valence-electron chi connectivity index (χ0n) is 13.3. The van der Waals surface area contributed by atoms with Crippen molar-refractivity contribution >= 4 is 0 Å². The van der Waals surface area contributed by atoms with E-state index in [1.807, 2.05) is 54.6 Å². The SMILES string of the molecule is CC(O)(c1nc(-c2ccc(Oc3ccccc3)cc2)no1)C1CC1. The van der Waals surface area contributed by atoms with Crippen LogP contribution in [0.25, 0.3) is 11.4 Å². The number of nitrogens with zero attached hydrogens (tertiary/aromatic N) is 2. The van der Waals surface area contributed by atoms with Gasteiger partial charge in [0.05, 0.1) is 0 Å². The van der Waals surface area contributed by atoms with E-state index in [-0.39, 0.29) is 11.8 Å². The van der Waals surface area contributed by atoms with E-state index in [1.54, 1.807) is 6.92 Å². The Labute approximate surface area is 139 Å². The molecular weight excluding hydrogens is 304 g/mol. The quantitative estimate of drug-likeness (QED) is 0.764. The molecule has 24 heavy (non-hydrogen) atoms. The summed E-state index contributed by atoms with van der Waals surface area (Å²) in [6, 6.07) is 17.1. The zero-order chi connectivity index (χ0) is 16.6. The lowest BCUT2D eigenvalue weighted by Gasteiger charge is -2.16. The fraction of sp³-hybridized carbons (Fsp3) is 0.263. The lowest BCUT2D eigenvalue weighted by Crippen LogP contribution is -2.24. The predicted molar refractivity (Wildman–Crippen MR) is 88.5 cm³/mol. The van der Waals surface area contributed by atoms with E-state index in [4.69, 9.17) is 9.26 Å². The minimum Gasteiger partial charge on any atom is -0.457 e. The van der Waals surface area contributed by atoms with Crippen molar-refractivity contribution in [3.8, 4) is 22.9 Å². The van der Waals surface area contributed by atoms with Gasteiger partial charge in [0.15, 0.2) is 0 Å². The van der Waals surface area contributed by atoms with Crippen LogP contribution in [0.2, 0.25) is 0 Å². The molecule has 1 unspecified atom stereocenters. The standard InChI is InChI=1S/C19H18N2O3/c1-19(22,14-9-10-14)18-20-17(21-24-18)13-7-11-16(12-8-13)23-15-5-3-2-4-6-15/h2-8,11-12,14,22H,9-10H2,1H3. The Morgan fingerprint density at radius 1 is 1.04 bits per heavy atom. The van der Waals surface area contributed by atoms with Crippen LogP contribution in [-0.4, -0.2) is 15.2 Å². The second-order valence-electron chi connectivity index (χ2n) is 6.28. The first-order valence-electron chi connectivity index (χ1n) is 8.03. The number of para-hydroxylation sites is 1. The van der Waals surface area contributed by atoms with Gasteiger partial charge in [0.2, 0.25) is 5.82 Å². The molecule has 1 atom stereocenters. The molecule has 0 bridgehead atoms. The molecule has 0 aliphatic heterocycles. The smallest absolute Gasteiger partial charge is 0.258 e. The van der Waals surface area contributed by atoms with Crippen molar-refractivity contribution in [2.24, 2.45) is 5.92 Å². The van der Waals surface area contributed by atoms with Gasteiger partial charge in [-0.2, -0.15) is 4.98 Å². The summed E-state index contributed by atoms with van der Waals surface area (Å²) < 4.78 is 11.0. The number of rotatable bonds is 5. The number of ether oxygens (including phenoxy) is 1. The Hall–Kier alpha value is -2.66. The lowest BCUT2D eigenvalue weighted by molar-refractivity contribution is 0.000916. The Kier molecular flexibility index (Phi) is 3.58. The monoisotopic (exact) mass is 322 g/mol. The van der Waals surface area contributed by atoms with Crippen molar-refractivity contribution < 1.29 is 14.4 Å². The fourth-order valence-electron chi connectivity index (χ4n) is 2.66. The van der Waals surface area contributed by atoms with Crippen molar-refractivity contribution in [2.45, 2.75) is 25.4 Å². The highest BCUT2D eigenvalue weighted by atomic mass is 16.5. The minimum atomic E-state index is -1.04. The average molecular weight is 322 g/mol. The molecule has 0 saturated heterocycles. The molecule has 4 rings (SSSR count). The van der Waals surface area contributed by atoms with Crippen LogP contribution in [0.4, 0.5) is 0 Å². The molecule has 1 aromatic heterocycles. The summed E-state index contributed by atoms with van der Waals surface area (Å²) in [5.74, 6) is 2.49. The molecule has 122 valence electrons. The summed E-state index contributed by atoms with van der Waals surface area (Å²) in [5.41, 5.74) is -0.223. The van der Waals surface area contributed by atoms with E-state index in [0.717, 1.165) is 29.9 Å². The molecule has 1 heterocycles. The highest BCUT2D eigenvalue weighted by molar-refractivity contribution is 5.56. The van der Waals surface area contributed by atoms with Crippen LogP contribution in [0.15, 0.2) is 59.1 Å². The molecule has 5 heteroatoms. The zero-order valence-corrected chi connectivity index (χ0v) is 13.3. The van der Waals surface area contributed by atoms with E-state index >= 15 is 0 Å². The topological polar surface area (TPSA) is 68.4 Å². The van der Waals surface area contributed by atoms with Gasteiger partial charge in [-0.15, -0.1) is 0 Å². The Morgan fingerprint density at radius 3 is 2.38 bits per heavy atom. The summed E-state index contributed by atoms with van der Waals surface area (Å²) in [4.78, 5) is 4.36. The predicted octanol–water partition coefficient (Wildman–Crippen LogP) is 4.15. The Morgan fingerprint density at radius 2 is 1.71 bits per heavy atom. The maximum atomic E-state index is 10.5. The van der Waals surface area contributed by atoms with Crippen LogP contribution in [0.1, 0.15) is 25.7 Å². The van der Waals surface area contributed by atoms with Gasteiger partial charge in [-0.25, -0.2) is 0 Å². The van der Waals surface area contributed by atoms with E-state index in [1.165, 1.54) is 0 Å². The van der Waals surface area contributed by atoms with Crippen molar-refractivity contribution in [3.05, 3.63) is 60.5 Å². The van der Waals surface area contributed by atoms with Gasteiger partial charge in [-0.3, -0.25) is 0 Å². The third kappa shape index (κ3) is 2.90. The molecule has 1 saturated carbocycles. The van der Waals surface area contributed by atoms with Crippen LogP contribution >= 0.6 is 0 Å². The van der Waals surface area contributed by atoms with Gasteiger partial charge < -0.3 is 14.4 Å². The summed E-state index contributed by atoms with van der Waals surface area (Å²) in [7, 11) is 0. The van der Waals surface area contributed by atoms with E-state index in [2.05, 4.69) is 10.1 Å². The van der Waals surface area contributed by atoms with Gasteiger partial charge in [-0.05, 0) is 62.1 Å². The first-order valence-corrected chi connectivity index (χ1v) is 8.03. The lowest BCUT2D eigenvalue weighted by atomic mass is 10.0. The van der Waals surface area contributed by atoms with Crippen molar-refractivity contribution in [1.29, 1.82) is 0 Å². The summed E-state index contributed by atoms with van der Waals surface area (Å²) in [5, 5.41) is 14.5. The third-order valence-corrected chi connectivity index (χ3v) is 4.32. The van der Waals surface area contributed by atoms with E-state index < -0.39 is 5.60 Å². The Bertz CT molecular complexity index is 821. The second kappa shape index (κ2) is 5.76. The van der Waals surface area contributed by atoms with Gasteiger partial charge in [-0.1, -0.05) is 23.4 Å². The molecule has 3 aromatic rings. The van der Waals surface area contributed by atoms with Crippen LogP contribution in [-0.2, 0) is 5.60 Å². The largest absolute Gasteiger partial charge is 0.457 e. The van der Waals surface area contributed by atoms with Gasteiger partial charge in [0.1, 0.15) is 17.1 Å². The highest BCUT2D eigenvalue weighted by Gasteiger charge is 2.45. The summed E-state index contributed by atoms with van der Waals surface area (Å²) in [6.45, 7) is 1.73. The minimum absolute atomic E-state index is 0.215. The van der Waals surface area contributed by atoms with Crippen LogP contribution in [0, 0.1) is 5.92 Å². The number of hydrogen-bond donors (Lipinski definition) is 1. The highest BCUT2D eigenvalue weighted by Crippen LogP contribution is 2.45. The number of benzene rings is 2. The number of hydrogen-bond acceptors (Lipinski definition) is 5. The number of aliphatic hydroxyl groups is 1. The molecular formula is C19H18N2O3. The van der Waals surface area contributed by atoms with Crippen LogP contribution < -0.4 is 4.74 Å². The maximum absolute atomic E-state index is 10.5. The summed E-state index contributed by atoms with van der Waals surface area (Å²) >= 11 is 0. The first kappa shape index (κ1) is 14.9. The van der Waals surface area contributed by atoms with Gasteiger partial charge in [0, 0.05) is 5.56 Å². The van der Waals surface area contributed by atoms with Crippen LogP contribution in [0.3, 0.4) is 0 Å².